The fourth-order valence-corrected chi connectivity index (χ4v) is 4.66. The van der Waals surface area contributed by atoms with Gasteiger partial charge in [-0.3, -0.25) is 9.52 Å². The molecule has 0 aliphatic carbocycles. The molecule has 0 radical (unpaired) electrons. The van der Waals surface area contributed by atoms with Crippen molar-refractivity contribution in [3.8, 4) is 22.5 Å². The van der Waals surface area contributed by atoms with Crippen LogP contribution >= 0.6 is 0 Å². The maximum atomic E-state index is 13.6. The minimum Gasteiger partial charge on any atom is -0.457 e. The summed E-state index contributed by atoms with van der Waals surface area (Å²) in [5.74, 6) is -1.11. The summed E-state index contributed by atoms with van der Waals surface area (Å²) in [4.78, 5) is 25.0. The van der Waals surface area contributed by atoms with Crippen LogP contribution in [0.5, 0.6) is 0 Å². The second kappa shape index (κ2) is 11.0. The standard InChI is InChI=1S/C30H29FN2O6S/c1-30(2,3)39-26(34)15-8-18-6-9-19(10-7-18)22-16-23-25(17-24(22)33-40(5,36)37)38-28(27(23)29(35)32-4)20-11-13-21(31)14-12-20/h6-17,33H,1-5H3,(H,32,35). The number of amides is 1. The molecule has 0 aliphatic rings. The highest BCUT2D eigenvalue weighted by molar-refractivity contribution is 7.92. The van der Waals surface area contributed by atoms with E-state index in [1.54, 1.807) is 57.2 Å². The minimum atomic E-state index is -3.67. The highest BCUT2D eigenvalue weighted by atomic mass is 32.2. The van der Waals surface area contributed by atoms with Gasteiger partial charge in [-0.25, -0.2) is 17.6 Å². The molecule has 0 spiro atoms. The molecule has 0 fully saturated rings. The number of nitrogens with one attached hydrogen (secondary N) is 2. The van der Waals surface area contributed by atoms with Gasteiger partial charge in [0.1, 0.15) is 22.8 Å². The number of ether oxygens (including phenoxy) is 1. The molecule has 4 aromatic rings. The second-order valence-corrected chi connectivity index (χ2v) is 11.9. The minimum absolute atomic E-state index is 0.222. The molecule has 0 saturated carbocycles. The summed E-state index contributed by atoms with van der Waals surface area (Å²) in [5, 5.41) is 3.05. The first kappa shape index (κ1) is 28.6. The Kier molecular flexibility index (Phi) is 7.84. The Hall–Kier alpha value is -4.44. The van der Waals surface area contributed by atoms with E-state index in [2.05, 4.69) is 10.0 Å². The number of rotatable bonds is 7. The molecule has 2 N–H and O–H groups in total. The number of halogens is 1. The lowest BCUT2D eigenvalue weighted by Gasteiger charge is -2.17. The maximum absolute atomic E-state index is 13.6. The molecule has 1 heterocycles. The molecule has 0 saturated heterocycles. The first-order valence-electron chi connectivity index (χ1n) is 12.3. The van der Waals surface area contributed by atoms with Crippen molar-refractivity contribution >= 4 is 44.6 Å². The third-order valence-corrected chi connectivity index (χ3v) is 6.32. The maximum Gasteiger partial charge on any atom is 0.331 e. The Morgan fingerprint density at radius 1 is 0.975 bits per heavy atom. The van der Waals surface area contributed by atoms with Gasteiger partial charge in [-0.05, 0) is 68.3 Å². The first-order valence-corrected chi connectivity index (χ1v) is 14.2. The molecule has 4 rings (SSSR count). The van der Waals surface area contributed by atoms with Crippen molar-refractivity contribution < 1.29 is 31.6 Å². The second-order valence-electron chi connectivity index (χ2n) is 10.1. The zero-order valence-corrected chi connectivity index (χ0v) is 23.5. The summed E-state index contributed by atoms with van der Waals surface area (Å²) in [5.41, 5.74) is 2.49. The largest absolute Gasteiger partial charge is 0.457 e. The van der Waals surface area contributed by atoms with Crippen LogP contribution in [0.15, 0.2) is 71.2 Å². The van der Waals surface area contributed by atoms with Crippen LogP contribution < -0.4 is 10.0 Å². The van der Waals surface area contributed by atoms with Crippen molar-refractivity contribution in [1.82, 2.24) is 5.32 Å². The van der Waals surface area contributed by atoms with Crippen LogP contribution in [-0.2, 0) is 19.6 Å². The van der Waals surface area contributed by atoms with Gasteiger partial charge in [0, 0.05) is 35.7 Å². The molecule has 3 aromatic carbocycles. The Morgan fingerprint density at radius 2 is 1.60 bits per heavy atom. The smallest absolute Gasteiger partial charge is 0.331 e. The predicted octanol–water partition coefficient (Wildman–Crippen LogP) is 5.99. The molecule has 1 aromatic heterocycles. The van der Waals surface area contributed by atoms with Crippen molar-refractivity contribution in [2.24, 2.45) is 0 Å². The molecule has 1 amide bonds. The van der Waals surface area contributed by atoms with Crippen LogP contribution in [0.1, 0.15) is 36.7 Å². The summed E-state index contributed by atoms with van der Waals surface area (Å²) in [6.07, 6.45) is 3.99. The quantitative estimate of drug-likeness (QED) is 0.210. The topological polar surface area (TPSA) is 115 Å². The van der Waals surface area contributed by atoms with Gasteiger partial charge in [0.25, 0.3) is 5.91 Å². The lowest BCUT2D eigenvalue weighted by molar-refractivity contribution is -0.148. The fraction of sp³-hybridized carbons (Fsp3) is 0.200. The van der Waals surface area contributed by atoms with Crippen molar-refractivity contribution in [2.75, 3.05) is 18.0 Å². The van der Waals surface area contributed by atoms with Gasteiger partial charge in [0.2, 0.25) is 10.0 Å². The van der Waals surface area contributed by atoms with E-state index in [0.29, 0.717) is 22.1 Å². The lowest BCUT2D eigenvalue weighted by atomic mass is 9.98. The Labute approximate surface area is 231 Å². The summed E-state index contributed by atoms with van der Waals surface area (Å²) < 4.78 is 51.8. The highest BCUT2D eigenvalue weighted by Crippen LogP contribution is 2.40. The van der Waals surface area contributed by atoms with E-state index in [-0.39, 0.29) is 22.6 Å². The summed E-state index contributed by atoms with van der Waals surface area (Å²) >= 11 is 0. The Bertz CT molecular complexity index is 1720. The van der Waals surface area contributed by atoms with E-state index < -0.39 is 33.3 Å². The summed E-state index contributed by atoms with van der Waals surface area (Å²) in [6, 6.07) is 15.8. The summed E-state index contributed by atoms with van der Waals surface area (Å²) in [7, 11) is -2.19. The first-order chi connectivity index (χ1) is 18.7. The molecule has 8 nitrogen and oxygen atoms in total. The Balaban J connectivity index is 1.83. The van der Waals surface area contributed by atoms with E-state index >= 15 is 0 Å². The number of carbonyl (C=O) groups is 2. The number of benzene rings is 3. The molecule has 0 bridgehead atoms. The third-order valence-electron chi connectivity index (χ3n) is 5.72. The van der Waals surface area contributed by atoms with Gasteiger partial charge in [0.05, 0.1) is 17.5 Å². The van der Waals surface area contributed by atoms with Gasteiger partial charge in [0.15, 0.2) is 0 Å². The van der Waals surface area contributed by atoms with Crippen LogP contribution in [0.25, 0.3) is 39.5 Å². The molecule has 0 unspecified atom stereocenters. The predicted molar refractivity (Wildman–Crippen MR) is 154 cm³/mol. The zero-order valence-electron chi connectivity index (χ0n) is 22.7. The SMILES string of the molecule is CNC(=O)c1c(-c2ccc(F)cc2)oc2cc(NS(C)(=O)=O)c(-c3ccc(C=CC(=O)OC(C)(C)C)cc3)cc12. The van der Waals surface area contributed by atoms with Crippen LogP contribution in [0.2, 0.25) is 0 Å². The average molecular weight is 565 g/mol. The van der Waals surface area contributed by atoms with Crippen LogP contribution in [0.3, 0.4) is 0 Å². The van der Waals surface area contributed by atoms with Crippen LogP contribution in [0, 0.1) is 5.82 Å². The van der Waals surface area contributed by atoms with Crippen molar-refractivity contribution in [3.63, 3.8) is 0 Å². The van der Waals surface area contributed by atoms with E-state index in [4.69, 9.17) is 9.15 Å². The van der Waals surface area contributed by atoms with Gasteiger partial charge in [-0.2, -0.15) is 0 Å². The zero-order chi connectivity index (χ0) is 29.2. The number of anilines is 1. The number of fused-ring (bicyclic) bond motifs is 1. The van der Waals surface area contributed by atoms with Gasteiger partial charge < -0.3 is 14.5 Å². The number of esters is 1. The Morgan fingerprint density at radius 3 is 2.17 bits per heavy atom. The van der Waals surface area contributed by atoms with Gasteiger partial charge in [-0.15, -0.1) is 0 Å². The molecular formula is C30H29FN2O6S. The molecular weight excluding hydrogens is 535 g/mol. The van der Waals surface area contributed by atoms with Crippen molar-refractivity contribution in [1.29, 1.82) is 0 Å². The molecule has 10 heteroatoms. The number of sulfonamides is 1. The molecule has 0 atom stereocenters. The number of furan rings is 1. The lowest BCUT2D eigenvalue weighted by Crippen LogP contribution is -2.22. The monoisotopic (exact) mass is 564 g/mol. The molecule has 0 aliphatic heterocycles. The van der Waals surface area contributed by atoms with Crippen LogP contribution in [-0.4, -0.2) is 39.2 Å². The highest BCUT2D eigenvalue weighted by Gasteiger charge is 2.24. The number of hydrogen-bond donors (Lipinski definition) is 2. The van der Waals surface area contributed by atoms with E-state index in [0.717, 1.165) is 11.8 Å². The average Bonchev–Trinajstić information content (AvgIpc) is 3.23. The third kappa shape index (κ3) is 6.76. The van der Waals surface area contributed by atoms with Gasteiger partial charge in [-0.1, -0.05) is 24.3 Å². The van der Waals surface area contributed by atoms with Gasteiger partial charge >= 0.3 is 5.97 Å². The summed E-state index contributed by atoms with van der Waals surface area (Å²) in [6.45, 7) is 5.35. The number of carbonyl (C=O) groups excluding carboxylic acids is 2. The van der Waals surface area contributed by atoms with E-state index in [9.17, 15) is 22.4 Å². The fourth-order valence-electron chi connectivity index (χ4n) is 4.09. The van der Waals surface area contributed by atoms with Crippen molar-refractivity contribution in [3.05, 3.63) is 83.7 Å². The molecule has 208 valence electrons. The van der Waals surface area contributed by atoms with E-state index in [1.807, 2.05) is 0 Å². The van der Waals surface area contributed by atoms with Crippen molar-refractivity contribution in [2.45, 2.75) is 26.4 Å². The van der Waals surface area contributed by atoms with Crippen LogP contribution in [0.4, 0.5) is 10.1 Å². The normalized spacial score (nSPS) is 12.1. The molecule has 40 heavy (non-hydrogen) atoms. The number of hydrogen-bond acceptors (Lipinski definition) is 6. The van der Waals surface area contributed by atoms with E-state index in [1.165, 1.54) is 43.5 Å².